The largest absolute Gasteiger partial charge is 0.391 e. The Hall–Kier alpha value is -0.560. The van der Waals surface area contributed by atoms with Gasteiger partial charge in [-0.25, -0.2) is 0 Å². The summed E-state index contributed by atoms with van der Waals surface area (Å²) in [7, 11) is 1.62. The van der Waals surface area contributed by atoms with Crippen LogP contribution in [0.25, 0.3) is 0 Å². The molecule has 1 saturated carbocycles. The van der Waals surface area contributed by atoms with Gasteiger partial charge >= 0.3 is 0 Å². The predicted octanol–water partition coefficient (Wildman–Crippen LogP) is -4.89. The average Bonchev–Trinajstić information content (AvgIpc) is 2.80. The predicted molar refractivity (Wildman–Crippen MR) is 120 cm³/mol. The monoisotopic (exact) mass is 507 g/mol. The lowest BCUT2D eigenvalue weighted by Crippen LogP contribution is -2.69. The molecule has 0 amide bonds. The fraction of sp³-hybridized carbons (Fsp3) is 1.00. The van der Waals surface area contributed by atoms with Crippen molar-refractivity contribution >= 4 is 0 Å². The third-order valence-electron chi connectivity index (χ3n) is 7.63. The maximum Gasteiger partial charge on any atom is 0.189 e. The first-order chi connectivity index (χ1) is 16.5. The Labute approximate surface area is 204 Å². The number of aliphatic hydroxyl groups is 4. The number of nitrogens with two attached hydrogens (primary N) is 4. The molecule has 3 aliphatic heterocycles. The van der Waals surface area contributed by atoms with Crippen molar-refractivity contribution in [2.24, 2.45) is 22.9 Å². The highest BCUT2D eigenvalue weighted by Crippen LogP contribution is 2.35. The van der Waals surface area contributed by atoms with E-state index in [1.165, 1.54) is 0 Å². The van der Waals surface area contributed by atoms with Crippen molar-refractivity contribution in [3.8, 4) is 0 Å². The number of likely N-dealkylation sites (N-methyl/N-ethyl adjacent to an activating group) is 1. The molecule has 14 heteroatoms. The van der Waals surface area contributed by atoms with Crippen molar-refractivity contribution < 1.29 is 44.1 Å². The SMILES string of the molecule is CNC1C(O[C@H]2OC(C)[C@@H](N)C(O)C2O)O[C@H]2CC(N)[C@@H](O[C@H]3CC(O)[C@H](N)CC3N)OC2C1O. The Bertz CT molecular complexity index is 710. The number of nitrogens with one attached hydrogen (secondary N) is 1. The number of fused-ring (bicyclic) bond motifs is 1. The van der Waals surface area contributed by atoms with Crippen LogP contribution in [0.1, 0.15) is 26.2 Å². The number of hydrogen-bond donors (Lipinski definition) is 9. The summed E-state index contributed by atoms with van der Waals surface area (Å²) >= 11 is 0. The molecule has 204 valence electrons. The van der Waals surface area contributed by atoms with Crippen molar-refractivity contribution in [3.05, 3.63) is 0 Å². The molecule has 14 nitrogen and oxygen atoms in total. The van der Waals surface area contributed by atoms with E-state index in [4.69, 9.17) is 46.6 Å². The van der Waals surface area contributed by atoms with Gasteiger partial charge < -0.3 is 72.4 Å². The fourth-order valence-corrected chi connectivity index (χ4v) is 5.30. The van der Waals surface area contributed by atoms with E-state index in [-0.39, 0.29) is 18.9 Å². The van der Waals surface area contributed by atoms with Crippen molar-refractivity contribution in [1.82, 2.24) is 5.32 Å². The van der Waals surface area contributed by atoms with E-state index in [1.807, 2.05) is 0 Å². The summed E-state index contributed by atoms with van der Waals surface area (Å²) in [6.07, 6.45) is -9.17. The van der Waals surface area contributed by atoms with Crippen LogP contribution in [-0.4, -0.2) is 125 Å². The highest BCUT2D eigenvalue weighted by atomic mass is 16.8. The zero-order chi connectivity index (χ0) is 25.6. The van der Waals surface area contributed by atoms with Crippen molar-refractivity contribution in [3.63, 3.8) is 0 Å². The molecule has 0 aromatic heterocycles. The molecular formula is C21H41N5O9. The number of rotatable bonds is 5. The summed E-state index contributed by atoms with van der Waals surface area (Å²) in [5.74, 6) is 0. The van der Waals surface area contributed by atoms with Gasteiger partial charge in [0.1, 0.15) is 24.4 Å². The number of hydrogen-bond acceptors (Lipinski definition) is 14. The van der Waals surface area contributed by atoms with Gasteiger partial charge in [-0.15, -0.1) is 0 Å². The Kier molecular flexibility index (Phi) is 8.67. The molecule has 0 bridgehead atoms. The van der Waals surface area contributed by atoms with E-state index in [0.717, 1.165) is 0 Å². The van der Waals surface area contributed by atoms with Gasteiger partial charge in [0.05, 0.1) is 42.5 Å². The molecule has 0 spiro atoms. The van der Waals surface area contributed by atoms with Crippen LogP contribution in [0.5, 0.6) is 0 Å². The molecule has 4 aliphatic rings. The minimum Gasteiger partial charge on any atom is -0.391 e. The zero-order valence-corrected chi connectivity index (χ0v) is 20.0. The second-order valence-electron chi connectivity index (χ2n) is 10.2. The van der Waals surface area contributed by atoms with E-state index < -0.39 is 91.9 Å². The average molecular weight is 508 g/mol. The topological polar surface area (TPSA) is 243 Å². The van der Waals surface area contributed by atoms with Gasteiger partial charge in [-0.05, 0) is 26.8 Å². The summed E-state index contributed by atoms with van der Waals surface area (Å²) in [6, 6.07) is -2.94. The second-order valence-corrected chi connectivity index (χ2v) is 10.2. The normalized spacial score (nSPS) is 55.4. The molecule has 16 atom stereocenters. The molecule has 13 N–H and O–H groups in total. The van der Waals surface area contributed by atoms with Crippen LogP contribution >= 0.6 is 0 Å². The zero-order valence-electron chi connectivity index (χ0n) is 20.0. The summed E-state index contributed by atoms with van der Waals surface area (Å²) < 4.78 is 29.7. The molecule has 0 aromatic rings. The van der Waals surface area contributed by atoms with Crippen LogP contribution in [0.2, 0.25) is 0 Å². The van der Waals surface area contributed by atoms with Crippen LogP contribution in [0.15, 0.2) is 0 Å². The Morgan fingerprint density at radius 1 is 0.743 bits per heavy atom. The number of ether oxygens (including phenoxy) is 5. The van der Waals surface area contributed by atoms with Crippen LogP contribution in [0.4, 0.5) is 0 Å². The van der Waals surface area contributed by atoms with Crippen molar-refractivity contribution in [1.29, 1.82) is 0 Å². The molecule has 0 aromatic carbocycles. The van der Waals surface area contributed by atoms with Gasteiger partial charge in [-0.2, -0.15) is 0 Å². The van der Waals surface area contributed by atoms with Crippen molar-refractivity contribution in [2.45, 2.75) is 124 Å². The maximum absolute atomic E-state index is 11.1. The third kappa shape index (κ3) is 5.51. The minimum atomic E-state index is -1.40. The molecule has 10 unspecified atom stereocenters. The summed E-state index contributed by atoms with van der Waals surface area (Å²) in [5.41, 5.74) is 24.2. The van der Waals surface area contributed by atoms with Gasteiger partial charge in [-0.1, -0.05) is 0 Å². The number of aliphatic hydroxyl groups excluding tert-OH is 4. The van der Waals surface area contributed by atoms with E-state index in [9.17, 15) is 20.4 Å². The van der Waals surface area contributed by atoms with Crippen LogP contribution in [-0.2, 0) is 23.7 Å². The second kappa shape index (κ2) is 11.0. The van der Waals surface area contributed by atoms with Gasteiger partial charge in [0.25, 0.3) is 0 Å². The van der Waals surface area contributed by atoms with Crippen LogP contribution in [0, 0.1) is 0 Å². The molecule has 3 saturated heterocycles. The van der Waals surface area contributed by atoms with Gasteiger partial charge in [0.2, 0.25) is 0 Å². The lowest BCUT2D eigenvalue weighted by Gasteiger charge is -2.51. The first kappa shape index (κ1) is 27.5. The van der Waals surface area contributed by atoms with Gasteiger partial charge in [0.15, 0.2) is 18.9 Å². The quantitative estimate of drug-likeness (QED) is 0.169. The first-order valence-corrected chi connectivity index (χ1v) is 12.2. The molecular weight excluding hydrogens is 466 g/mol. The van der Waals surface area contributed by atoms with E-state index in [0.29, 0.717) is 6.42 Å². The lowest BCUT2D eigenvalue weighted by atomic mass is 9.87. The standard InChI is InChI=1S/C21H41N5O9/c1-6-13(25)15(28)17(30)21(31-6)35-20-14(26-2)16(29)18-12(33-20)4-9(24)19(34-18)32-11-5-10(27)7(22)3-8(11)23/h6-21,26-30H,3-5,22-25H2,1-2H3/t6?,7-,8?,9?,10?,11+,12+,13-,14?,15?,16?,17?,18?,19+,20?,21-/m1/s1. The minimum absolute atomic E-state index is 0.259. The maximum atomic E-state index is 11.1. The Morgan fingerprint density at radius 2 is 1.46 bits per heavy atom. The molecule has 35 heavy (non-hydrogen) atoms. The third-order valence-corrected chi connectivity index (χ3v) is 7.63. The van der Waals surface area contributed by atoms with Crippen LogP contribution < -0.4 is 28.3 Å². The molecule has 3 heterocycles. The summed E-state index contributed by atoms with van der Waals surface area (Å²) in [6.45, 7) is 1.66. The summed E-state index contributed by atoms with van der Waals surface area (Å²) in [4.78, 5) is 0. The highest BCUT2D eigenvalue weighted by molar-refractivity contribution is 5.00. The van der Waals surface area contributed by atoms with E-state index in [1.54, 1.807) is 14.0 Å². The smallest absolute Gasteiger partial charge is 0.189 e. The highest BCUT2D eigenvalue weighted by Gasteiger charge is 2.53. The van der Waals surface area contributed by atoms with E-state index >= 15 is 0 Å². The molecule has 1 aliphatic carbocycles. The lowest BCUT2D eigenvalue weighted by molar-refractivity contribution is -0.370. The molecule has 4 fully saturated rings. The van der Waals surface area contributed by atoms with Crippen molar-refractivity contribution in [2.75, 3.05) is 7.05 Å². The Morgan fingerprint density at radius 3 is 2.14 bits per heavy atom. The Balaban J connectivity index is 1.41. The van der Waals surface area contributed by atoms with Crippen LogP contribution in [0.3, 0.4) is 0 Å². The van der Waals surface area contributed by atoms with E-state index in [2.05, 4.69) is 5.32 Å². The summed E-state index contributed by atoms with van der Waals surface area (Å²) in [5, 5.41) is 44.8. The molecule has 0 radical (unpaired) electrons. The fourth-order valence-electron chi connectivity index (χ4n) is 5.30. The van der Waals surface area contributed by atoms with Gasteiger partial charge in [0, 0.05) is 18.5 Å². The first-order valence-electron chi connectivity index (χ1n) is 12.2. The molecule has 4 rings (SSSR count). The van der Waals surface area contributed by atoms with Gasteiger partial charge in [-0.3, -0.25) is 0 Å².